The van der Waals surface area contributed by atoms with Crippen molar-refractivity contribution in [3.8, 4) is 0 Å². The van der Waals surface area contributed by atoms with Gasteiger partial charge in [0.05, 0.1) is 18.9 Å². The summed E-state index contributed by atoms with van der Waals surface area (Å²) in [5.74, 6) is 0.458. The van der Waals surface area contributed by atoms with Crippen molar-refractivity contribution in [1.82, 2.24) is 0 Å². The molecule has 0 aliphatic carbocycles. The van der Waals surface area contributed by atoms with Crippen molar-refractivity contribution >= 4 is 42.9 Å². The van der Waals surface area contributed by atoms with Crippen molar-refractivity contribution < 1.29 is 4.28 Å². The van der Waals surface area contributed by atoms with Gasteiger partial charge in [-0.3, -0.25) is 0 Å². The molecule has 5 heteroatoms. The zero-order valence-electron chi connectivity index (χ0n) is 8.66. The van der Waals surface area contributed by atoms with Gasteiger partial charge in [-0.05, 0) is 29.5 Å². The Balaban J connectivity index is 2.35. The van der Waals surface area contributed by atoms with E-state index in [0.29, 0.717) is 5.92 Å². The maximum atomic E-state index is 5.44. The summed E-state index contributed by atoms with van der Waals surface area (Å²) in [5.41, 5.74) is 2.51. The first kappa shape index (κ1) is 10.6. The Morgan fingerprint density at radius 3 is 2.79 bits per heavy atom. The molecular weight excluding hydrogens is 234 g/mol. The molecule has 2 nitrogen and oxygen atoms in total. The molecule has 0 radical (unpaired) electrons. The van der Waals surface area contributed by atoms with Gasteiger partial charge in [0.15, 0.2) is 0 Å². The lowest BCUT2D eigenvalue weighted by Gasteiger charge is -2.06. The number of oxime groups is 1. The lowest BCUT2D eigenvalue weighted by Crippen LogP contribution is -2.17. The molecule has 0 spiro atoms. The van der Waals surface area contributed by atoms with Crippen molar-refractivity contribution in [3.63, 3.8) is 0 Å². The molecule has 14 heavy (non-hydrogen) atoms. The summed E-state index contributed by atoms with van der Waals surface area (Å²) in [4.78, 5) is 1.34. The topological polar surface area (TPSA) is 21.6 Å². The third-order valence-electron chi connectivity index (χ3n) is 2.13. The minimum Gasteiger partial charge on any atom is -0.319 e. The van der Waals surface area contributed by atoms with E-state index >= 15 is 0 Å². The molecule has 0 aromatic heterocycles. The first-order chi connectivity index (χ1) is 6.65. The Morgan fingerprint density at radius 2 is 2.21 bits per heavy atom. The quantitative estimate of drug-likeness (QED) is 0.549. The van der Waals surface area contributed by atoms with Crippen LogP contribution in [0.3, 0.4) is 0 Å². The molecule has 0 amide bonds. The molecule has 0 N–H and O–H groups in total. The lowest BCUT2D eigenvalue weighted by atomic mass is 10.0. The Morgan fingerprint density at radius 1 is 1.50 bits per heavy atom. The Bertz CT molecular complexity index is 368. The average molecular weight is 247 g/mol. The Labute approximate surface area is 95.1 Å². The van der Waals surface area contributed by atoms with Gasteiger partial charge in [-0.15, -0.1) is 11.8 Å². The summed E-state index contributed by atoms with van der Waals surface area (Å²) >= 11 is 1.80. The molecule has 2 rings (SSSR count). The molecule has 0 aromatic carbocycles. The second kappa shape index (κ2) is 3.94. The van der Waals surface area contributed by atoms with Crippen molar-refractivity contribution in [2.45, 2.75) is 20.8 Å². The van der Waals surface area contributed by atoms with E-state index in [-0.39, 0.29) is 9.80 Å². The maximum Gasteiger partial charge on any atom is 0.101 e. The fraction of sp³-hybridized carbons (Fsp3) is 0.556. The minimum atomic E-state index is -0.144. The van der Waals surface area contributed by atoms with Crippen LogP contribution < -0.4 is 0 Å². The predicted octanol–water partition coefficient (Wildman–Crippen LogP) is 3.64. The van der Waals surface area contributed by atoms with Crippen LogP contribution in [-0.4, -0.2) is 16.8 Å². The van der Waals surface area contributed by atoms with Gasteiger partial charge in [-0.1, -0.05) is 19.0 Å². The second-order valence-electron chi connectivity index (χ2n) is 3.47. The third-order valence-corrected chi connectivity index (χ3v) is 7.18. The largest absolute Gasteiger partial charge is 0.319 e. The predicted molar refractivity (Wildman–Crippen MR) is 69.8 cm³/mol. The average Bonchev–Trinajstić information content (AvgIpc) is 2.66. The highest BCUT2D eigenvalue weighted by molar-refractivity contribution is 8.86. The smallest absolute Gasteiger partial charge is 0.101 e. The summed E-state index contributed by atoms with van der Waals surface area (Å²) in [7, 11) is 1.66. The van der Waals surface area contributed by atoms with E-state index < -0.39 is 0 Å². The zero-order valence-corrected chi connectivity index (χ0v) is 11.1. The molecule has 1 unspecified atom stereocenters. The van der Waals surface area contributed by atoms with E-state index in [1.54, 1.807) is 11.8 Å². The summed E-state index contributed by atoms with van der Waals surface area (Å²) in [6.07, 6.45) is 2.12. The summed E-state index contributed by atoms with van der Waals surface area (Å²) in [6.45, 7) is 6.50. The molecule has 1 atom stereocenters. The van der Waals surface area contributed by atoms with Crippen molar-refractivity contribution in [2.24, 2.45) is 11.1 Å². The Hall–Kier alpha value is 0.130. The molecular formula is C9H13NOS3. The minimum absolute atomic E-state index is 0.144. The summed E-state index contributed by atoms with van der Waals surface area (Å²) in [6, 6.07) is 0. The molecule has 0 aromatic rings. The summed E-state index contributed by atoms with van der Waals surface area (Å²) < 4.78 is 6.83. The van der Waals surface area contributed by atoms with Gasteiger partial charge in [-0.25, -0.2) is 0 Å². The molecule has 2 aliphatic rings. The molecule has 78 valence electrons. The molecule has 0 saturated heterocycles. The van der Waals surface area contributed by atoms with Gasteiger partial charge in [-0.2, -0.15) is 0 Å². The SMILES string of the molecule is CSC1=C(C)C2=S(ON=C2C(C)C)S1. The highest BCUT2D eigenvalue weighted by Gasteiger charge is 2.32. The molecule has 2 aliphatic heterocycles. The van der Waals surface area contributed by atoms with Gasteiger partial charge in [0, 0.05) is 5.92 Å². The third kappa shape index (κ3) is 1.55. The van der Waals surface area contributed by atoms with Crippen LogP contribution in [0.1, 0.15) is 20.8 Å². The van der Waals surface area contributed by atoms with Crippen LogP contribution >= 0.6 is 32.4 Å². The standard InChI is InChI=1S/C9H13NOS3/c1-5(2)7-8-6(3)9(12-4)13-14(8)11-10-7/h5H,1-4H3. The van der Waals surface area contributed by atoms with E-state index in [1.807, 2.05) is 10.8 Å². The number of allylic oxidation sites excluding steroid dienone is 1. The van der Waals surface area contributed by atoms with Crippen molar-refractivity contribution in [3.05, 3.63) is 9.81 Å². The highest BCUT2D eigenvalue weighted by Crippen LogP contribution is 2.54. The molecule has 0 fully saturated rings. The van der Waals surface area contributed by atoms with Gasteiger partial charge in [0.1, 0.15) is 5.71 Å². The normalized spacial score (nSPS) is 25.6. The van der Waals surface area contributed by atoms with E-state index in [0.717, 1.165) is 5.71 Å². The fourth-order valence-corrected chi connectivity index (χ4v) is 6.72. The fourth-order valence-electron chi connectivity index (χ4n) is 1.39. The summed E-state index contributed by atoms with van der Waals surface area (Å²) in [5, 5.41) is 4.17. The highest BCUT2D eigenvalue weighted by atomic mass is 33.1. The molecule has 0 bridgehead atoms. The maximum absolute atomic E-state index is 5.44. The van der Waals surface area contributed by atoms with Crippen LogP contribution in [0.5, 0.6) is 0 Å². The zero-order chi connectivity index (χ0) is 10.3. The van der Waals surface area contributed by atoms with Gasteiger partial charge < -0.3 is 4.28 Å². The van der Waals surface area contributed by atoms with Crippen LogP contribution in [0.15, 0.2) is 15.0 Å². The first-order valence-corrected chi connectivity index (χ1v) is 8.16. The van der Waals surface area contributed by atoms with Crippen LogP contribution in [0.4, 0.5) is 0 Å². The lowest BCUT2D eigenvalue weighted by molar-refractivity contribution is 0.411. The molecule has 2 heterocycles. The van der Waals surface area contributed by atoms with Crippen molar-refractivity contribution in [1.29, 1.82) is 0 Å². The number of nitrogens with zero attached hydrogens (tertiary/aromatic N) is 1. The monoisotopic (exact) mass is 247 g/mol. The van der Waals surface area contributed by atoms with Gasteiger partial charge in [0.2, 0.25) is 0 Å². The molecule has 0 saturated carbocycles. The second-order valence-corrected chi connectivity index (χ2v) is 7.55. The van der Waals surface area contributed by atoms with Gasteiger partial charge in [0.25, 0.3) is 0 Å². The number of thioether (sulfide) groups is 1. The number of hydrogen-bond acceptors (Lipinski definition) is 4. The van der Waals surface area contributed by atoms with Crippen LogP contribution in [-0.2, 0) is 4.28 Å². The number of hydrogen-bond donors (Lipinski definition) is 0. The van der Waals surface area contributed by atoms with E-state index in [1.165, 1.54) is 14.7 Å². The van der Waals surface area contributed by atoms with E-state index in [2.05, 4.69) is 32.2 Å². The van der Waals surface area contributed by atoms with Crippen LogP contribution in [0.2, 0.25) is 0 Å². The Kier molecular flexibility index (Phi) is 3.00. The van der Waals surface area contributed by atoms with Crippen molar-refractivity contribution in [2.75, 3.05) is 6.26 Å². The van der Waals surface area contributed by atoms with Crippen LogP contribution in [0, 0.1) is 5.92 Å². The van der Waals surface area contributed by atoms with Gasteiger partial charge >= 0.3 is 0 Å². The van der Waals surface area contributed by atoms with Crippen LogP contribution in [0.25, 0.3) is 0 Å². The first-order valence-electron chi connectivity index (χ1n) is 4.45. The van der Waals surface area contributed by atoms with E-state index in [4.69, 9.17) is 4.28 Å². The number of rotatable bonds is 2. The van der Waals surface area contributed by atoms with E-state index in [9.17, 15) is 0 Å².